The highest BCUT2D eigenvalue weighted by Crippen LogP contribution is 2.28. The highest BCUT2D eigenvalue weighted by molar-refractivity contribution is 9.10. The lowest BCUT2D eigenvalue weighted by Gasteiger charge is -2.14. The molecule has 1 aliphatic rings. The quantitative estimate of drug-likeness (QED) is 0.876. The van der Waals surface area contributed by atoms with E-state index in [1.54, 1.807) is 0 Å². The van der Waals surface area contributed by atoms with E-state index >= 15 is 0 Å². The Hall–Kier alpha value is -0.250. The van der Waals surface area contributed by atoms with Crippen molar-refractivity contribution in [2.45, 2.75) is 31.3 Å². The zero-order valence-corrected chi connectivity index (χ0v) is 10.7. The van der Waals surface area contributed by atoms with Gasteiger partial charge in [-0.15, -0.1) is 0 Å². The molecule has 2 nitrogen and oxygen atoms in total. The fraction of sp³-hybridized carbons (Fsp3) is 0.455. The maximum atomic E-state index is 5.93. The van der Waals surface area contributed by atoms with E-state index in [4.69, 9.17) is 17.3 Å². The van der Waals surface area contributed by atoms with Gasteiger partial charge in [0.05, 0.1) is 5.02 Å². The maximum absolute atomic E-state index is 5.93. The molecule has 0 heterocycles. The number of hydrogen-bond acceptors (Lipinski definition) is 2. The van der Waals surface area contributed by atoms with Crippen molar-refractivity contribution >= 4 is 33.2 Å². The summed E-state index contributed by atoms with van der Waals surface area (Å²) < 4.78 is 0.927. The molecule has 0 spiro atoms. The van der Waals surface area contributed by atoms with Gasteiger partial charge < -0.3 is 11.1 Å². The van der Waals surface area contributed by atoms with E-state index in [0.29, 0.717) is 12.1 Å². The van der Waals surface area contributed by atoms with Gasteiger partial charge in [-0.3, -0.25) is 0 Å². The molecule has 82 valence electrons. The van der Waals surface area contributed by atoms with Crippen LogP contribution < -0.4 is 11.1 Å². The standard InChI is InChI=1S/C11H14BrClN2/c12-10-6-9(3-4-11(10)13)15-8-2-1-7(14)5-8/h3-4,6-8,15H,1-2,5,14H2. The Morgan fingerprint density at radius 2 is 2.20 bits per heavy atom. The van der Waals surface area contributed by atoms with Crippen LogP contribution >= 0.6 is 27.5 Å². The summed E-state index contributed by atoms with van der Waals surface area (Å²) >= 11 is 9.34. The Labute approximate surface area is 103 Å². The van der Waals surface area contributed by atoms with Gasteiger partial charge in [0.15, 0.2) is 0 Å². The van der Waals surface area contributed by atoms with Gasteiger partial charge in [-0.2, -0.15) is 0 Å². The smallest absolute Gasteiger partial charge is 0.0549 e. The van der Waals surface area contributed by atoms with Crippen LogP contribution in [0.15, 0.2) is 22.7 Å². The largest absolute Gasteiger partial charge is 0.382 e. The first-order chi connectivity index (χ1) is 7.15. The Balaban J connectivity index is 2.02. The monoisotopic (exact) mass is 288 g/mol. The van der Waals surface area contributed by atoms with E-state index in [-0.39, 0.29) is 0 Å². The Bertz CT molecular complexity index is 356. The van der Waals surface area contributed by atoms with Crippen molar-refractivity contribution in [3.8, 4) is 0 Å². The summed E-state index contributed by atoms with van der Waals surface area (Å²) in [7, 11) is 0. The molecule has 15 heavy (non-hydrogen) atoms. The number of nitrogens with one attached hydrogen (secondary N) is 1. The number of hydrogen-bond donors (Lipinski definition) is 2. The van der Waals surface area contributed by atoms with E-state index in [1.807, 2.05) is 18.2 Å². The normalized spacial score (nSPS) is 25.5. The van der Waals surface area contributed by atoms with Gasteiger partial charge in [0.25, 0.3) is 0 Å². The van der Waals surface area contributed by atoms with Crippen molar-refractivity contribution in [3.63, 3.8) is 0 Å². The molecule has 0 bridgehead atoms. The van der Waals surface area contributed by atoms with E-state index < -0.39 is 0 Å². The number of anilines is 1. The summed E-state index contributed by atoms with van der Waals surface area (Å²) in [4.78, 5) is 0. The Morgan fingerprint density at radius 3 is 2.80 bits per heavy atom. The van der Waals surface area contributed by atoms with Gasteiger partial charge in [0, 0.05) is 22.2 Å². The van der Waals surface area contributed by atoms with Gasteiger partial charge in [-0.25, -0.2) is 0 Å². The fourth-order valence-corrected chi connectivity index (χ4v) is 2.47. The van der Waals surface area contributed by atoms with Crippen molar-refractivity contribution in [2.24, 2.45) is 5.73 Å². The molecule has 2 atom stereocenters. The minimum absolute atomic E-state index is 0.359. The third-order valence-electron chi connectivity index (χ3n) is 2.76. The molecule has 1 aromatic rings. The van der Waals surface area contributed by atoms with Crippen LogP contribution in [0.2, 0.25) is 5.02 Å². The second-order valence-electron chi connectivity index (χ2n) is 4.04. The molecule has 1 aliphatic carbocycles. The van der Waals surface area contributed by atoms with Crippen LogP contribution in [0.25, 0.3) is 0 Å². The first-order valence-electron chi connectivity index (χ1n) is 5.12. The number of benzene rings is 1. The lowest BCUT2D eigenvalue weighted by Crippen LogP contribution is -2.20. The lowest BCUT2D eigenvalue weighted by atomic mass is 10.2. The van der Waals surface area contributed by atoms with Gasteiger partial charge in [-0.05, 0) is 53.4 Å². The summed E-state index contributed by atoms with van der Waals surface area (Å²) in [6.07, 6.45) is 3.33. The molecule has 2 unspecified atom stereocenters. The number of nitrogens with two attached hydrogens (primary N) is 1. The van der Waals surface area contributed by atoms with Crippen molar-refractivity contribution in [1.82, 2.24) is 0 Å². The van der Waals surface area contributed by atoms with Gasteiger partial charge in [-0.1, -0.05) is 11.6 Å². The summed E-state index contributed by atoms with van der Waals surface area (Å²) in [6.45, 7) is 0. The van der Waals surface area contributed by atoms with E-state index in [9.17, 15) is 0 Å². The third-order valence-corrected chi connectivity index (χ3v) is 3.98. The van der Waals surface area contributed by atoms with Crippen molar-refractivity contribution in [3.05, 3.63) is 27.7 Å². The molecule has 3 N–H and O–H groups in total. The Morgan fingerprint density at radius 1 is 1.40 bits per heavy atom. The number of halogens is 2. The molecule has 1 fully saturated rings. The molecular weight excluding hydrogens is 275 g/mol. The van der Waals surface area contributed by atoms with Gasteiger partial charge in [0.2, 0.25) is 0 Å². The lowest BCUT2D eigenvalue weighted by molar-refractivity contribution is 0.688. The predicted octanol–water partition coefficient (Wildman–Crippen LogP) is 3.39. The second-order valence-corrected chi connectivity index (χ2v) is 5.30. The van der Waals surface area contributed by atoms with Gasteiger partial charge >= 0.3 is 0 Å². The summed E-state index contributed by atoms with van der Waals surface area (Å²) in [5.74, 6) is 0. The molecule has 1 aromatic carbocycles. The van der Waals surface area contributed by atoms with Gasteiger partial charge in [0.1, 0.15) is 0 Å². The van der Waals surface area contributed by atoms with E-state index in [1.165, 1.54) is 0 Å². The third kappa shape index (κ3) is 2.86. The Kier molecular flexibility index (Phi) is 3.54. The number of rotatable bonds is 2. The van der Waals surface area contributed by atoms with E-state index in [2.05, 4.69) is 21.2 Å². The zero-order valence-electron chi connectivity index (χ0n) is 8.34. The molecule has 0 aliphatic heterocycles. The van der Waals surface area contributed by atoms with Crippen LogP contribution in [0.4, 0.5) is 5.69 Å². The maximum Gasteiger partial charge on any atom is 0.0549 e. The first-order valence-corrected chi connectivity index (χ1v) is 6.29. The van der Waals surface area contributed by atoms with Crippen LogP contribution in [0.1, 0.15) is 19.3 Å². The highest BCUT2D eigenvalue weighted by atomic mass is 79.9. The van der Waals surface area contributed by atoms with Crippen molar-refractivity contribution < 1.29 is 0 Å². The minimum Gasteiger partial charge on any atom is -0.382 e. The van der Waals surface area contributed by atoms with E-state index in [0.717, 1.165) is 34.4 Å². The minimum atomic E-state index is 0.359. The van der Waals surface area contributed by atoms with Crippen molar-refractivity contribution in [1.29, 1.82) is 0 Å². The second kappa shape index (κ2) is 4.73. The average molecular weight is 290 g/mol. The fourth-order valence-electron chi connectivity index (χ4n) is 1.97. The molecule has 0 saturated heterocycles. The zero-order chi connectivity index (χ0) is 10.8. The van der Waals surface area contributed by atoms with Crippen molar-refractivity contribution in [2.75, 3.05) is 5.32 Å². The van der Waals surface area contributed by atoms with Crippen LogP contribution in [0, 0.1) is 0 Å². The predicted molar refractivity (Wildman–Crippen MR) is 68.4 cm³/mol. The molecule has 0 amide bonds. The topological polar surface area (TPSA) is 38.0 Å². The molecule has 2 rings (SSSR count). The molecule has 4 heteroatoms. The molecular formula is C11H14BrClN2. The summed E-state index contributed by atoms with van der Waals surface area (Å²) in [5, 5.41) is 4.21. The first kappa shape index (κ1) is 11.2. The SMILES string of the molecule is NC1CCC(Nc2ccc(Cl)c(Br)c2)C1. The summed E-state index contributed by atoms with van der Waals surface area (Å²) in [5.41, 5.74) is 6.96. The van der Waals surface area contributed by atoms with Crippen LogP contribution in [0.5, 0.6) is 0 Å². The molecule has 1 saturated carbocycles. The average Bonchev–Trinajstić information content (AvgIpc) is 2.58. The highest BCUT2D eigenvalue weighted by Gasteiger charge is 2.21. The summed E-state index contributed by atoms with van der Waals surface area (Å²) in [6, 6.07) is 6.76. The van der Waals surface area contributed by atoms with Crippen LogP contribution in [-0.2, 0) is 0 Å². The molecule has 0 aromatic heterocycles. The van der Waals surface area contributed by atoms with Crippen LogP contribution in [-0.4, -0.2) is 12.1 Å². The van der Waals surface area contributed by atoms with Crippen LogP contribution in [0.3, 0.4) is 0 Å². The molecule has 0 radical (unpaired) electrons.